The van der Waals surface area contributed by atoms with Crippen molar-refractivity contribution in [1.29, 1.82) is 0 Å². The number of benzene rings is 1. The Morgan fingerprint density at radius 2 is 2.05 bits per heavy atom. The van der Waals surface area contributed by atoms with Crippen LogP contribution < -0.4 is 4.72 Å². The average Bonchev–Trinajstić information content (AvgIpc) is 2.32. The van der Waals surface area contributed by atoms with Crippen molar-refractivity contribution in [2.24, 2.45) is 0 Å². The predicted octanol–water partition coefficient (Wildman–Crippen LogP) is 1.30. The van der Waals surface area contributed by atoms with E-state index in [1.54, 1.807) is 6.26 Å². The van der Waals surface area contributed by atoms with Crippen LogP contribution >= 0.6 is 11.8 Å². The highest BCUT2D eigenvalue weighted by Gasteiger charge is 2.24. The number of aromatic carboxylic acids is 1. The molecule has 0 heterocycles. The molecule has 0 bridgehead atoms. The highest BCUT2D eigenvalue weighted by atomic mass is 32.2. The highest BCUT2D eigenvalue weighted by Crippen LogP contribution is 2.19. The molecule has 1 rings (SSSR count). The Morgan fingerprint density at radius 1 is 1.42 bits per heavy atom. The van der Waals surface area contributed by atoms with Crippen molar-refractivity contribution in [1.82, 2.24) is 4.72 Å². The summed E-state index contributed by atoms with van der Waals surface area (Å²) >= 11 is 1.36. The Morgan fingerprint density at radius 3 is 2.58 bits per heavy atom. The Hall–Kier alpha value is -1.19. The quantitative estimate of drug-likeness (QED) is 0.774. The minimum Gasteiger partial charge on any atom is -0.478 e. The molecule has 0 aromatic heterocycles. The van der Waals surface area contributed by atoms with Gasteiger partial charge in [-0.25, -0.2) is 26.7 Å². The van der Waals surface area contributed by atoms with Crippen LogP contribution in [0.3, 0.4) is 0 Å². The van der Waals surface area contributed by atoms with E-state index in [4.69, 9.17) is 5.11 Å². The van der Waals surface area contributed by atoms with Gasteiger partial charge in [0.1, 0.15) is 4.90 Å². The number of hydrogen-bond donors (Lipinski definition) is 2. The molecule has 0 spiro atoms. The van der Waals surface area contributed by atoms with Crippen LogP contribution in [0, 0.1) is 11.6 Å². The minimum atomic E-state index is -4.28. The maximum Gasteiger partial charge on any atom is 0.335 e. The molecule has 9 heteroatoms. The van der Waals surface area contributed by atoms with Crippen molar-refractivity contribution >= 4 is 27.8 Å². The number of carboxylic acid groups (broad SMARTS) is 1. The van der Waals surface area contributed by atoms with E-state index in [1.807, 2.05) is 0 Å². The first-order chi connectivity index (χ1) is 8.79. The molecule has 19 heavy (non-hydrogen) atoms. The normalized spacial score (nSPS) is 11.5. The number of nitrogens with one attached hydrogen (secondary N) is 1. The van der Waals surface area contributed by atoms with Crippen molar-refractivity contribution in [3.8, 4) is 0 Å². The van der Waals surface area contributed by atoms with Gasteiger partial charge in [-0.1, -0.05) is 0 Å². The standard InChI is InChI=1S/C10H11F2NO4S2/c1-18-3-2-13-19(16,17)8-5-6(10(14)15)4-7(11)9(8)12/h4-5,13H,2-3H2,1H3,(H,14,15). The molecule has 0 aliphatic heterocycles. The summed E-state index contributed by atoms with van der Waals surface area (Å²) in [6.45, 7) is 0.0296. The number of carboxylic acids is 1. The molecule has 0 fully saturated rings. The van der Waals surface area contributed by atoms with Crippen molar-refractivity contribution in [2.75, 3.05) is 18.6 Å². The second-order valence-corrected chi connectivity index (χ2v) is 6.19. The van der Waals surface area contributed by atoms with Crippen molar-refractivity contribution in [2.45, 2.75) is 4.90 Å². The van der Waals surface area contributed by atoms with Gasteiger partial charge in [0.25, 0.3) is 0 Å². The summed E-state index contributed by atoms with van der Waals surface area (Å²) in [4.78, 5) is 9.69. The largest absolute Gasteiger partial charge is 0.478 e. The highest BCUT2D eigenvalue weighted by molar-refractivity contribution is 7.98. The summed E-state index contributed by atoms with van der Waals surface area (Å²) in [7, 11) is -4.28. The van der Waals surface area contributed by atoms with E-state index in [0.29, 0.717) is 17.9 Å². The molecule has 0 amide bonds. The van der Waals surface area contributed by atoms with Crippen LogP contribution in [0.4, 0.5) is 8.78 Å². The monoisotopic (exact) mass is 311 g/mol. The van der Waals surface area contributed by atoms with Gasteiger partial charge < -0.3 is 5.11 Å². The van der Waals surface area contributed by atoms with Crippen LogP contribution in [-0.4, -0.2) is 38.0 Å². The first-order valence-corrected chi connectivity index (χ1v) is 7.88. The van der Waals surface area contributed by atoms with Gasteiger partial charge in [0.15, 0.2) is 11.6 Å². The summed E-state index contributed by atoms with van der Waals surface area (Å²) in [6.07, 6.45) is 1.75. The van der Waals surface area contributed by atoms with E-state index in [-0.39, 0.29) is 6.54 Å². The van der Waals surface area contributed by atoms with Gasteiger partial charge in [0, 0.05) is 12.3 Å². The lowest BCUT2D eigenvalue weighted by atomic mass is 10.2. The third-order valence-electron chi connectivity index (χ3n) is 2.13. The lowest BCUT2D eigenvalue weighted by molar-refractivity contribution is 0.0696. The molecule has 2 N–H and O–H groups in total. The Labute approximate surface area is 113 Å². The van der Waals surface area contributed by atoms with E-state index < -0.39 is 38.1 Å². The number of sulfonamides is 1. The molecule has 0 atom stereocenters. The Kier molecular flexibility index (Phi) is 5.27. The molecule has 5 nitrogen and oxygen atoms in total. The van der Waals surface area contributed by atoms with E-state index in [1.165, 1.54) is 11.8 Å². The summed E-state index contributed by atoms with van der Waals surface area (Å²) in [6, 6.07) is 1.01. The fraction of sp³-hybridized carbons (Fsp3) is 0.300. The Balaban J connectivity index is 3.21. The summed E-state index contributed by atoms with van der Waals surface area (Å²) in [5, 5.41) is 8.70. The summed E-state index contributed by atoms with van der Waals surface area (Å²) < 4.78 is 52.2. The van der Waals surface area contributed by atoms with E-state index in [2.05, 4.69) is 4.72 Å². The third kappa shape index (κ3) is 3.88. The van der Waals surface area contributed by atoms with Crippen LogP contribution in [0.5, 0.6) is 0 Å². The van der Waals surface area contributed by atoms with Crippen LogP contribution in [0.15, 0.2) is 17.0 Å². The fourth-order valence-electron chi connectivity index (χ4n) is 1.24. The second-order valence-electron chi connectivity index (χ2n) is 3.47. The maximum absolute atomic E-state index is 13.5. The molecule has 106 valence electrons. The van der Waals surface area contributed by atoms with E-state index >= 15 is 0 Å². The molecular formula is C10H11F2NO4S2. The van der Waals surface area contributed by atoms with Gasteiger partial charge in [-0.2, -0.15) is 11.8 Å². The number of hydrogen-bond acceptors (Lipinski definition) is 4. The van der Waals surface area contributed by atoms with Gasteiger partial charge in [-0.3, -0.25) is 0 Å². The molecule has 0 radical (unpaired) electrons. The van der Waals surface area contributed by atoms with E-state index in [9.17, 15) is 22.0 Å². The lowest BCUT2D eigenvalue weighted by Gasteiger charge is -2.08. The first-order valence-electron chi connectivity index (χ1n) is 5.00. The zero-order chi connectivity index (χ0) is 14.6. The third-order valence-corrected chi connectivity index (χ3v) is 4.20. The van der Waals surface area contributed by atoms with Crippen molar-refractivity contribution in [3.05, 3.63) is 29.3 Å². The SMILES string of the molecule is CSCCNS(=O)(=O)c1cc(C(=O)O)cc(F)c1F. The van der Waals surface area contributed by atoms with Crippen molar-refractivity contribution in [3.63, 3.8) is 0 Å². The molecule has 0 aliphatic rings. The number of halogens is 2. The van der Waals surface area contributed by atoms with Gasteiger partial charge >= 0.3 is 5.97 Å². The van der Waals surface area contributed by atoms with Crippen LogP contribution in [0.1, 0.15) is 10.4 Å². The average molecular weight is 311 g/mol. The van der Waals surface area contributed by atoms with Crippen LogP contribution in [0.2, 0.25) is 0 Å². The van der Waals surface area contributed by atoms with Crippen LogP contribution in [-0.2, 0) is 10.0 Å². The molecular weight excluding hydrogens is 300 g/mol. The molecule has 0 saturated carbocycles. The van der Waals surface area contributed by atoms with Gasteiger partial charge in [-0.15, -0.1) is 0 Å². The number of carbonyl (C=O) groups is 1. The molecule has 1 aromatic rings. The number of rotatable bonds is 6. The van der Waals surface area contributed by atoms with Gasteiger partial charge in [0.2, 0.25) is 10.0 Å². The van der Waals surface area contributed by atoms with Gasteiger partial charge in [0.05, 0.1) is 5.56 Å². The molecule has 0 saturated heterocycles. The van der Waals surface area contributed by atoms with Gasteiger partial charge in [-0.05, 0) is 18.4 Å². The topological polar surface area (TPSA) is 83.5 Å². The Bertz CT molecular complexity index is 589. The summed E-state index contributed by atoms with van der Waals surface area (Å²) in [5.74, 6) is -4.21. The zero-order valence-corrected chi connectivity index (χ0v) is 11.4. The first kappa shape index (κ1) is 15.9. The zero-order valence-electron chi connectivity index (χ0n) is 9.81. The predicted molar refractivity (Wildman–Crippen MR) is 66.9 cm³/mol. The molecule has 0 unspecified atom stereocenters. The maximum atomic E-state index is 13.5. The van der Waals surface area contributed by atoms with Crippen LogP contribution in [0.25, 0.3) is 0 Å². The smallest absolute Gasteiger partial charge is 0.335 e. The summed E-state index contributed by atoms with van der Waals surface area (Å²) in [5.41, 5.74) is -0.635. The molecule has 0 aliphatic carbocycles. The van der Waals surface area contributed by atoms with Crippen molar-refractivity contribution < 1.29 is 27.1 Å². The lowest BCUT2D eigenvalue weighted by Crippen LogP contribution is -2.27. The second kappa shape index (κ2) is 6.31. The van der Waals surface area contributed by atoms with E-state index in [0.717, 1.165) is 0 Å². The fourth-order valence-corrected chi connectivity index (χ4v) is 2.82. The minimum absolute atomic E-state index is 0.0296. The molecule has 1 aromatic carbocycles. The number of thioether (sulfide) groups is 1.